The van der Waals surface area contributed by atoms with Crippen LogP contribution in [0.5, 0.6) is 0 Å². The van der Waals surface area contributed by atoms with Crippen molar-refractivity contribution in [1.29, 1.82) is 0 Å². The van der Waals surface area contributed by atoms with E-state index in [4.69, 9.17) is 0 Å². The molecule has 1 aromatic rings. The average molecular weight is 297 g/mol. The summed E-state index contributed by atoms with van der Waals surface area (Å²) in [6, 6.07) is 7.10. The molecule has 0 bridgehead atoms. The van der Waals surface area contributed by atoms with Crippen molar-refractivity contribution >= 4 is 17.4 Å². The summed E-state index contributed by atoms with van der Waals surface area (Å²) >= 11 is 0. The standard InChI is InChI=1S/C17H17NO2.C2H6/c1-3-5-9-13(8-4-2)12-18-15-11-7-6-10-14(15)16(19)17(18)20;1-2/h3,5-11H,1,4,12H2,2H3;1-2H3/b9-5-,13-8+;. The fraction of sp³-hybridized carbons (Fsp3) is 0.263. The van der Waals surface area contributed by atoms with Crippen LogP contribution in [-0.2, 0) is 4.79 Å². The van der Waals surface area contributed by atoms with Gasteiger partial charge < -0.3 is 4.90 Å². The summed E-state index contributed by atoms with van der Waals surface area (Å²) in [5.74, 6) is -0.885. The molecule has 1 amide bonds. The second-order valence-corrected chi connectivity index (χ2v) is 4.52. The minimum Gasteiger partial charge on any atom is -0.300 e. The van der Waals surface area contributed by atoms with Crippen LogP contribution in [0, 0.1) is 0 Å². The van der Waals surface area contributed by atoms with Gasteiger partial charge in [-0.3, -0.25) is 9.59 Å². The lowest BCUT2D eigenvalue weighted by atomic mass is 10.1. The van der Waals surface area contributed by atoms with Gasteiger partial charge in [-0.2, -0.15) is 0 Å². The molecule has 1 aromatic carbocycles. The minimum absolute atomic E-state index is 0.403. The fourth-order valence-electron chi connectivity index (χ4n) is 2.23. The third-order valence-corrected chi connectivity index (χ3v) is 3.13. The number of anilines is 1. The topological polar surface area (TPSA) is 37.4 Å². The van der Waals surface area contributed by atoms with E-state index >= 15 is 0 Å². The van der Waals surface area contributed by atoms with Crippen LogP contribution in [0.2, 0.25) is 0 Å². The lowest BCUT2D eigenvalue weighted by Crippen LogP contribution is -2.31. The molecule has 116 valence electrons. The molecule has 0 saturated heterocycles. The highest BCUT2D eigenvalue weighted by atomic mass is 16.2. The van der Waals surface area contributed by atoms with Crippen LogP contribution in [0.3, 0.4) is 0 Å². The predicted molar refractivity (Wildman–Crippen MR) is 92.2 cm³/mol. The molecule has 0 spiro atoms. The highest BCUT2D eigenvalue weighted by Crippen LogP contribution is 2.29. The average Bonchev–Trinajstić information content (AvgIpc) is 2.80. The smallest absolute Gasteiger partial charge is 0.299 e. The summed E-state index contributed by atoms with van der Waals surface area (Å²) in [6.45, 7) is 10.1. The first kappa shape index (κ1) is 17.6. The first-order valence-electron chi connectivity index (χ1n) is 7.62. The van der Waals surface area contributed by atoms with E-state index in [1.165, 1.54) is 4.90 Å². The molecule has 0 saturated carbocycles. The Bertz CT molecular complexity index is 612. The second-order valence-electron chi connectivity index (χ2n) is 4.52. The van der Waals surface area contributed by atoms with Gasteiger partial charge in [-0.15, -0.1) is 0 Å². The highest BCUT2D eigenvalue weighted by Gasteiger charge is 2.35. The number of hydrogen-bond acceptors (Lipinski definition) is 2. The molecular weight excluding hydrogens is 274 g/mol. The van der Waals surface area contributed by atoms with Crippen LogP contribution in [0.15, 0.2) is 60.7 Å². The van der Waals surface area contributed by atoms with Crippen molar-refractivity contribution in [2.75, 3.05) is 11.4 Å². The summed E-state index contributed by atoms with van der Waals surface area (Å²) in [6.07, 6.45) is 8.34. The number of allylic oxidation sites excluding steroid dienone is 3. The molecule has 0 radical (unpaired) electrons. The van der Waals surface area contributed by atoms with Gasteiger partial charge in [-0.1, -0.05) is 63.8 Å². The zero-order valence-electron chi connectivity index (χ0n) is 13.5. The number of ketones is 1. The van der Waals surface area contributed by atoms with E-state index in [2.05, 4.69) is 6.58 Å². The number of fused-ring (bicyclic) bond motifs is 1. The van der Waals surface area contributed by atoms with Crippen molar-refractivity contribution in [1.82, 2.24) is 0 Å². The van der Waals surface area contributed by atoms with Crippen molar-refractivity contribution in [3.8, 4) is 0 Å². The Balaban J connectivity index is 0.00000116. The number of carbonyl (C=O) groups is 2. The Kier molecular flexibility index (Phi) is 7.03. The van der Waals surface area contributed by atoms with Gasteiger partial charge in [0.15, 0.2) is 0 Å². The Morgan fingerprint density at radius 1 is 1.23 bits per heavy atom. The van der Waals surface area contributed by atoms with Crippen LogP contribution in [0.25, 0.3) is 0 Å². The molecule has 0 aromatic heterocycles. The molecule has 0 fully saturated rings. The van der Waals surface area contributed by atoms with Gasteiger partial charge in [0.1, 0.15) is 0 Å². The molecule has 1 aliphatic heterocycles. The number of hydrogen-bond donors (Lipinski definition) is 0. The molecular formula is C19H23NO2. The lowest BCUT2D eigenvalue weighted by molar-refractivity contribution is -0.114. The van der Waals surface area contributed by atoms with Gasteiger partial charge >= 0.3 is 0 Å². The summed E-state index contributed by atoms with van der Waals surface area (Å²) in [4.78, 5) is 25.5. The van der Waals surface area contributed by atoms with Gasteiger partial charge in [-0.05, 0) is 24.1 Å². The summed E-state index contributed by atoms with van der Waals surface area (Å²) in [7, 11) is 0. The number of carbonyl (C=O) groups excluding carboxylic acids is 2. The normalized spacial score (nSPS) is 14.0. The van der Waals surface area contributed by atoms with Gasteiger partial charge in [0.2, 0.25) is 0 Å². The Morgan fingerprint density at radius 2 is 1.91 bits per heavy atom. The van der Waals surface area contributed by atoms with Gasteiger partial charge in [0, 0.05) is 0 Å². The van der Waals surface area contributed by atoms with Gasteiger partial charge in [0.05, 0.1) is 17.8 Å². The largest absolute Gasteiger partial charge is 0.300 e. The van der Waals surface area contributed by atoms with Crippen LogP contribution in [0.1, 0.15) is 37.6 Å². The van der Waals surface area contributed by atoms with E-state index in [0.717, 1.165) is 12.0 Å². The van der Waals surface area contributed by atoms with Crippen LogP contribution in [-0.4, -0.2) is 18.2 Å². The predicted octanol–water partition coefficient (Wildman–Crippen LogP) is 4.32. The third-order valence-electron chi connectivity index (χ3n) is 3.13. The van der Waals surface area contributed by atoms with Crippen molar-refractivity contribution in [2.24, 2.45) is 0 Å². The maximum absolute atomic E-state index is 12.1. The van der Waals surface area contributed by atoms with Crippen LogP contribution >= 0.6 is 0 Å². The number of amides is 1. The SMILES string of the molecule is C=C/C=C\C(=C/CC)CN1C(=O)C(=O)c2ccccc21.CC. The van der Waals surface area contributed by atoms with E-state index in [0.29, 0.717) is 17.8 Å². The van der Waals surface area contributed by atoms with Crippen molar-refractivity contribution in [2.45, 2.75) is 27.2 Å². The monoisotopic (exact) mass is 297 g/mol. The first-order valence-corrected chi connectivity index (χ1v) is 7.62. The summed E-state index contributed by atoms with van der Waals surface area (Å²) < 4.78 is 0. The Labute approximate surface area is 132 Å². The maximum Gasteiger partial charge on any atom is 0.299 e. The second kappa shape index (κ2) is 8.78. The zero-order valence-corrected chi connectivity index (χ0v) is 13.5. The molecule has 0 N–H and O–H groups in total. The highest BCUT2D eigenvalue weighted by molar-refractivity contribution is 6.52. The van der Waals surface area contributed by atoms with E-state index in [9.17, 15) is 9.59 Å². The Morgan fingerprint density at radius 3 is 2.55 bits per heavy atom. The maximum atomic E-state index is 12.1. The fourth-order valence-corrected chi connectivity index (χ4v) is 2.23. The first-order chi connectivity index (χ1) is 10.7. The molecule has 1 heterocycles. The number of Topliss-reactive ketones (excluding diaryl/α,β-unsaturated/α-hetero) is 1. The number of rotatable bonds is 5. The van der Waals surface area contributed by atoms with E-state index in [1.807, 2.05) is 45.1 Å². The summed E-state index contributed by atoms with van der Waals surface area (Å²) in [5, 5.41) is 0. The number of para-hydroxylation sites is 1. The van der Waals surface area contributed by atoms with E-state index in [-0.39, 0.29) is 0 Å². The molecule has 0 aliphatic carbocycles. The molecule has 2 rings (SSSR count). The molecule has 1 aliphatic rings. The molecule has 3 nitrogen and oxygen atoms in total. The van der Waals surface area contributed by atoms with Crippen molar-refractivity contribution in [3.63, 3.8) is 0 Å². The number of benzene rings is 1. The summed E-state index contributed by atoms with van der Waals surface area (Å²) in [5.41, 5.74) is 2.17. The van der Waals surface area contributed by atoms with Gasteiger partial charge in [-0.25, -0.2) is 0 Å². The van der Waals surface area contributed by atoms with E-state index < -0.39 is 11.7 Å². The third kappa shape index (κ3) is 3.82. The molecule has 22 heavy (non-hydrogen) atoms. The van der Waals surface area contributed by atoms with Crippen LogP contribution < -0.4 is 4.90 Å². The molecule has 0 atom stereocenters. The minimum atomic E-state index is -0.458. The molecule has 3 heteroatoms. The lowest BCUT2D eigenvalue weighted by Gasteiger charge is -2.17. The van der Waals surface area contributed by atoms with E-state index in [1.54, 1.807) is 24.3 Å². The molecule has 0 unspecified atom stereocenters. The quantitative estimate of drug-likeness (QED) is 0.599. The van der Waals surface area contributed by atoms with Crippen LogP contribution in [0.4, 0.5) is 5.69 Å². The van der Waals surface area contributed by atoms with Gasteiger partial charge in [0.25, 0.3) is 11.7 Å². The van der Waals surface area contributed by atoms with Crippen molar-refractivity contribution < 1.29 is 9.59 Å². The Hall–Kier alpha value is -2.42. The number of nitrogens with zero attached hydrogens (tertiary/aromatic N) is 1. The zero-order chi connectivity index (χ0) is 16.5. The van der Waals surface area contributed by atoms with Crippen molar-refractivity contribution in [3.05, 3.63) is 66.3 Å².